The molecule has 0 aliphatic heterocycles. The van der Waals surface area contributed by atoms with E-state index in [1.165, 1.54) is 0 Å². The molecule has 1 atom stereocenters. The lowest BCUT2D eigenvalue weighted by molar-refractivity contribution is -0.121. The van der Waals surface area contributed by atoms with Crippen LogP contribution in [0.2, 0.25) is 0 Å². The molecule has 5 N–H and O–H groups in total. The number of benzene rings is 2. The maximum atomic E-state index is 11.2. The standard InChI is InChI=1S/C22H29N3O/c1-4-13-25-21(23)16(3)19-7-5-6-8-20(19)18-11-9-17(10-12-18)14-15(2)22(24)26/h5-12,15,25H,4,13-14,23H2,1-3H3,(H2,24,26)/t15-/m0/s1. The molecule has 0 bridgehead atoms. The van der Waals surface area contributed by atoms with Crippen molar-refractivity contribution in [2.75, 3.05) is 6.54 Å². The zero-order valence-corrected chi connectivity index (χ0v) is 15.9. The van der Waals surface area contributed by atoms with Gasteiger partial charge in [-0.05, 0) is 47.6 Å². The average Bonchev–Trinajstić information content (AvgIpc) is 2.66. The summed E-state index contributed by atoms with van der Waals surface area (Å²) in [5.74, 6) is 0.282. The lowest BCUT2D eigenvalue weighted by atomic mass is 9.93. The van der Waals surface area contributed by atoms with Crippen molar-refractivity contribution in [2.24, 2.45) is 17.4 Å². The molecule has 0 radical (unpaired) electrons. The summed E-state index contributed by atoms with van der Waals surface area (Å²) in [5, 5.41) is 3.26. The highest BCUT2D eigenvalue weighted by molar-refractivity contribution is 5.81. The predicted molar refractivity (Wildman–Crippen MR) is 109 cm³/mol. The van der Waals surface area contributed by atoms with Crippen LogP contribution in [0.5, 0.6) is 0 Å². The second-order valence-electron chi connectivity index (χ2n) is 6.72. The maximum Gasteiger partial charge on any atom is 0.220 e. The summed E-state index contributed by atoms with van der Waals surface area (Å²) >= 11 is 0. The van der Waals surface area contributed by atoms with E-state index in [1.54, 1.807) is 0 Å². The number of carbonyl (C=O) groups excluding carboxylic acids is 1. The van der Waals surface area contributed by atoms with Crippen molar-refractivity contribution >= 4 is 11.5 Å². The van der Waals surface area contributed by atoms with Gasteiger partial charge in [0.2, 0.25) is 5.91 Å². The first-order valence-electron chi connectivity index (χ1n) is 9.12. The minimum atomic E-state index is -0.268. The Morgan fingerprint density at radius 1 is 1.08 bits per heavy atom. The van der Waals surface area contributed by atoms with Gasteiger partial charge in [-0.2, -0.15) is 0 Å². The molecule has 0 spiro atoms. The van der Waals surface area contributed by atoms with Gasteiger partial charge in [0.05, 0.1) is 5.82 Å². The van der Waals surface area contributed by atoms with Crippen molar-refractivity contribution in [1.29, 1.82) is 0 Å². The second-order valence-corrected chi connectivity index (χ2v) is 6.72. The van der Waals surface area contributed by atoms with E-state index in [0.29, 0.717) is 12.2 Å². The Morgan fingerprint density at radius 2 is 1.73 bits per heavy atom. The molecule has 2 rings (SSSR count). The quantitative estimate of drug-likeness (QED) is 0.679. The molecule has 1 amide bonds. The lowest BCUT2D eigenvalue weighted by Gasteiger charge is -2.15. The number of hydrogen-bond acceptors (Lipinski definition) is 3. The summed E-state index contributed by atoms with van der Waals surface area (Å²) in [6.07, 6.45) is 1.69. The molecule has 0 heterocycles. The highest BCUT2D eigenvalue weighted by atomic mass is 16.1. The van der Waals surface area contributed by atoms with E-state index < -0.39 is 0 Å². The number of hydrogen-bond donors (Lipinski definition) is 3. The Hall–Kier alpha value is -2.75. The monoisotopic (exact) mass is 351 g/mol. The minimum absolute atomic E-state index is 0.164. The molecule has 0 aliphatic rings. The Labute approximate surface area is 156 Å². The molecule has 138 valence electrons. The highest BCUT2D eigenvalue weighted by Crippen LogP contribution is 2.29. The van der Waals surface area contributed by atoms with E-state index in [2.05, 4.69) is 48.6 Å². The first-order valence-corrected chi connectivity index (χ1v) is 9.12. The van der Waals surface area contributed by atoms with Crippen molar-refractivity contribution in [2.45, 2.75) is 33.6 Å². The third kappa shape index (κ3) is 4.88. The van der Waals surface area contributed by atoms with E-state index in [1.807, 2.05) is 26.0 Å². The van der Waals surface area contributed by atoms with Crippen molar-refractivity contribution in [3.63, 3.8) is 0 Å². The average molecular weight is 351 g/mol. The van der Waals surface area contributed by atoms with Crippen molar-refractivity contribution in [3.8, 4) is 11.1 Å². The van der Waals surface area contributed by atoms with E-state index >= 15 is 0 Å². The number of nitrogens with one attached hydrogen (secondary N) is 1. The van der Waals surface area contributed by atoms with Gasteiger partial charge in [-0.25, -0.2) is 0 Å². The Morgan fingerprint density at radius 3 is 2.35 bits per heavy atom. The first kappa shape index (κ1) is 19.6. The molecule has 0 saturated carbocycles. The van der Waals surface area contributed by atoms with Gasteiger partial charge in [-0.15, -0.1) is 0 Å². The fraction of sp³-hybridized carbons (Fsp3) is 0.318. The third-order valence-electron chi connectivity index (χ3n) is 4.59. The van der Waals surface area contributed by atoms with E-state index in [0.717, 1.165) is 40.8 Å². The largest absolute Gasteiger partial charge is 0.385 e. The maximum absolute atomic E-state index is 11.2. The lowest BCUT2D eigenvalue weighted by Crippen LogP contribution is -2.22. The van der Waals surface area contributed by atoms with Crippen LogP contribution in [0.15, 0.2) is 54.4 Å². The van der Waals surface area contributed by atoms with Crippen molar-refractivity contribution in [1.82, 2.24) is 5.32 Å². The molecule has 0 saturated heterocycles. The highest BCUT2D eigenvalue weighted by Gasteiger charge is 2.11. The smallest absolute Gasteiger partial charge is 0.220 e. The van der Waals surface area contributed by atoms with Gasteiger partial charge in [0, 0.05) is 12.5 Å². The van der Waals surface area contributed by atoms with Crippen LogP contribution < -0.4 is 16.8 Å². The minimum Gasteiger partial charge on any atom is -0.385 e. The molecular formula is C22H29N3O. The second kappa shape index (κ2) is 9.09. The SMILES string of the molecule is CCCNC(N)=C(C)c1ccccc1-c1ccc(C[C@H](C)C(N)=O)cc1. The van der Waals surface area contributed by atoms with E-state index in [-0.39, 0.29) is 11.8 Å². The Bertz CT molecular complexity index is 778. The molecule has 0 aliphatic carbocycles. The van der Waals surface area contributed by atoms with Crippen LogP contribution in [0.25, 0.3) is 16.7 Å². The Kier molecular flexibility index (Phi) is 6.84. The van der Waals surface area contributed by atoms with Gasteiger partial charge in [0.15, 0.2) is 0 Å². The van der Waals surface area contributed by atoms with Crippen LogP contribution in [0.1, 0.15) is 38.3 Å². The molecule has 0 aromatic heterocycles. The third-order valence-corrected chi connectivity index (χ3v) is 4.59. The molecule has 26 heavy (non-hydrogen) atoms. The topological polar surface area (TPSA) is 81.1 Å². The van der Waals surface area contributed by atoms with Crippen LogP contribution >= 0.6 is 0 Å². The molecule has 0 fully saturated rings. The van der Waals surface area contributed by atoms with Crippen LogP contribution in [0.4, 0.5) is 0 Å². The number of carbonyl (C=O) groups is 1. The van der Waals surface area contributed by atoms with Gasteiger partial charge in [-0.1, -0.05) is 62.4 Å². The first-order chi connectivity index (χ1) is 12.4. The van der Waals surface area contributed by atoms with Crippen LogP contribution in [-0.2, 0) is 11.2 Å². The van der Waals surface area contributed by atoms with Gasteiger partial charge in [0.1, 0.15) is 0 Å². The van der Waals surface area contributed by atoms with Crippen LogP contribution in [-0.4, -0.2) is 12.5 Å². The van der Waals surface area contributed by atoms with Crippen molar-refractivity contribution < 1.29 is 4.79 Å². The number of rotatable bonds is 8. The summed E-state index contributed by atoms with van der Waals surface area (Å²) in [4.78, 5) is 11.2. The fourth-order valence-corrected chi connectivity index (χ4v) is 2.87. The molecule has 4 nitrogen and oxygen atoms in total. The molecule has 2 aromatic rings. The van der Waals surface area contributed by atoms with Crippen LogP contribution in [0, 0.1) is 5.92 Å². The zero-order chi connectivity index (χ0) is 19.1. The zero-order valence-electron chi connectivity index (χ0n) is 15.9. The molecule has 0 unspecified atom stereocenters. The van der Waals surface area contributed by atoms with E-state index in [4.69, 9.17) is 11.5 Å². The summed E-state index contributed by atoms with van der Waals surface area (Å²) in [6, 6.07) is 16.5. The molecule has 4 heteroatoms. The van der Waals surface area contributed by atoms with Gasteiger partial charge >= 0.3 is 0 Å². The fourth-order valence-electron chi connectivity index (χ4n) is 2.87. The predicted octanol–water partition coefficient (Wildman–Crippen LogP) is 3.66. The number of primary amides is 1. The summed E-state index contributed by atoms with van der Waals surface area (Å²) in [6.45, 7) is 6.87. The number of allylic oxidation sites excluding steroid dienone is 1. The van der Waals surface area contributed by atoms with Gasteiger partial charge < -0.3 is 16.8 Å². The summed E-state index contributed by atoms with van der Waals surface area (Å²) < 4.78 is 0. The summed E-state index contributed by atoms with van der Waals surface area (Å²) in [7, 11) is 0. The van der Waals surface area contributed by atoms with Crippen molar-refractivity contribution in [3.05, 3.63) is 65.5 Å². The van der Waals surface area contributed by atoms with Crippen LogP contribution in [0.3, 0.4) is 0 Å². The van der Waals surface area contributed by atoms with E-state index in [9.17, 15) is 4.79 Å². The molecular weight excluding hydrogens is 322 g/mol. The summed E-state index contributed by atoms with van der Waals surface area (Å²) in [5.41, 5.74) is 17.1. The molecule has 2 aromatic carbocycles. The van der Waals surface area contributed by atoms with Gasteiger partial charge in [-0.3, -0.25) is 4.79 Å². The normalized spacial score (nSPS) is 13.0. The number of nitrogens with two attached hydrogens (primary N) is 2. The van der Waals surface area contributed by atoms with Gasteiger partial charge in [0.25, 0.3) is 0 Å². The number of amides is 1. The Balaban J connectivity index is 2.31.